The minimum atomic E-state index is -0.366. The van der Waals surface area contributed by atoms with Crippen molar-refractivity contribution in [2.24, 2.45) is 0 Å². The van der Waals surface area contributed by atoms with Gasteiger partial charge in [-0.25, -0.2) is 4.90 Å². The molecule has 0 saturated carbocycles. The third kappa shape index (κ3) is 5.13. The fraction of sp³-hybridized carbons (Fsp3) is 0.462. The van der Waals surface area contributed by atoms with Gasteiger partial charge in [0, 0.05) is 31.9 Å². The Morgan fingerprint density at radius 1 is 0.844 bits per heavy atom. The lowest BCUT2D eigenvalue weighted by Gasteiger charge is -2.38. The van der Waals surface area contributed by atoms with Crippen molar-refractivity contribution in [3.05, 3.63) is 54.6 Å². The predicted molar refractivity (Wildman–Crippen MR) is 127 cm³/mol. The summed E-state index contributed by atoms with van der Waals surface area (Å²) >= 11 is 0. The molecule has 2 heterocycles. The zero-order chi connectivity index (χ0) is 22.3. The fourth-order valence-electron chi connectivity index (χ4n) is 4.51. The molecule has 6 nitrogen and oxygen atoms in total. The first kappa shape index (κ1) is 22.3. The Kier molecular flexibility index (Phi) is 7.43. The Balaban J connectivity index is 1.32. The highest BCUT2D eigenvalue weighted by molar-refractivity contribution is 6.22. The molecule has 0 spiro atoms. The summed E-state index contributed by atoms with van der Waals surface area (Å²) in [6.07, 6.45) is 4.89. The maximum absolute atomic E-state index is 13.1. The average Bonchev–Trinajstić information content (AvgIpc) is 3.14. The Bertz CT molecular complexity index is 892. The first-order valence-electron chi connectivity index (χ1n) is 11.8. The van der Waals surface area contributed by atoms with E-state index in [1.54, 1.807) is 0 Å². The molecule has 1 atom stereocenters. The number of ether oxygens (including phenoxy) is 1. The summed E-state index contributed by atoms with van der Waals surface area (Å²) in [5.41, 5.74) is 1.83. The molecule has 2 aliphatic heterocycles. The van der Waals surface area contributed by atoms with Gasteiger partial charge in [-0.2, -0.15) is 0 Å². The van der Waals surface area contributed by atoms with Gasteiger partial charge in [0.15, 0.2) is 0 Å². The highest BCUT2D eigenvalue weighted by atomic mass is 16.5. The number of rotatable bonds is 9. The van der Waals surface area contributed by atoms with E-state index in [0.29, 0.717) is 12.3 Å². The summed E-state index contributed by atoms with van der Waals surface area (Å²) in [6.45, 7) is 6.14. The molecule has 2 aromatic carbocycles. The smallest absolute Gasteiger partial charge is 0.251 e. The molecule has 32 heavy (non-hydrogen) atoms. The number of hydrogen-bond donors (Lipinski definition) is 0. The van der Waals surface area contributed by atoms with E-state index in [4.69, 9.17) is 4.74 Å². The summed E-state index contributed by atoms with van der Waals surface area (Å²) in [5, 5.41) is 0. The predicted octanol–water partition coefficient (Wildman–Crippen LogP) is 4.10. The van der Waals surface area contributed by atoms with Crippen LogP contribution in [-0.4, -0.2) is 55.5 Å². The maximum atomic E-state index is 13.1. The van der Waals surface area contributed by atoms with Crippen molar-refractivity contribution in [3.8, 4) is 5.75 Å². The van der Waals surface area contributed by atoms with Gasteiger partial charge in [-0.15, -0.1) is 0 Å². The monoisotopic (exact) mass is 435 g/mol. The van der Waals surface area contributed by atoms with Crippen molar-refractivity contribution in [1.82, 2.24) is 4.90 Å². The number of hydrogen-bond acceptors (Lipinski definition) is 5. The lowest BCUT2D eigenvalue weighted by molar-refractivity contribution is -0.123. The van der Waals surface area contributed by atoms with Crippen LogP contribution >= 0.6 is 0 Å². The van der Waals surface area contributed by atoms with E-state index < -0.39 is 0 Å². The van der Waals surface area contributed by atoms with E-state index >= 15 is 0 Å². The Morgan fingerprint density at radius 3 is 2.25 bits per heavy atom. The summed E-state index contributed by atoms with van der Waals surface area (Å²) in [6, 6.07) is 17.3. The number of piperazine rings is 1. The van der Waals surface area contributed by atoms with Gasteiger partial charge in [0.05, 0.1) is 24.8 Å². The van der Waals surface area contributed by atoms with Gasteiger partial charge in [-0.05, 0) is 42.8 Å². The highest BCUT2D eigenvalue weighted by Crippen LogP contribution is 2.28. The van der Waals surface area contributed by atoms with Crippen molar-refractivity contribution in [3.63, 3.8) is 0 Å². The second-order valence-corrected chi connectivity index (χ2v) is 8.55. The van der Waals surface area contributed by atoms with Crippen LogP contribution in [-0.2, 0) is 9.59 Å². The molecule has 0 radical (unpaired) electrons. The third-order valence-electron chi connectivity index (χ3n) is 6.36. The van der Waals surface area contributed by atoms with Crippen LogP contribution < -0.4 is 14.5 Å². The standard InChI is InChI=1S/C26H33N3O3/c1-2-3-4-8-19-32-23-13-11-22(12-14-23)29-25(30)20-24(26(29)31)28-17-15-27(16-18-28)21-9-6-5-7-10-21/h5-7,9-14,24H,2-4,8,15-20H2,1H3/t24-/m0/s1. The molecule has 0 aliphatic carbocycles. The molecular weight excluding hydrogens is 402 g/mol. The van der Waals surface area contributed by atoms with E-state index in [1.165, 1.54) is 29.8 Å². The molecule has 0 aromatic heterocycles. The number of nitrogens with zero attached hydrogens (tertiary/aromatic N) is 3. The molecule has 2 aliphatic rings. The van der Waals surface area contributed by atoms with Crippen LogP contribution in [0.15, 0.2) is 54.6 Å². The van der Waals surface area contributed by atoms with Crippen LogP contribution in [0.3, 0.4) is 0 Å². The number of unbranched alkanes of at least 4 members (excludes halogenated alkanes) is 3. The minimum Gasteiger partial charge on any atom is -0.494 e. The first-order chi connectivity index (χ1) is 15.7. The molecular formula is C26H33N3O3. The number of carbonyl (C=O) groups is 2. The van der Waals surface area contributed by atoms with Crippen LogP contribution in [0, 0.1) is 0 Å². The quantitative estimate of drug-likeness (QED) is 0.438. The topological polar surface area (TPSA) is 53.1 Å². The molecule has 170 valence electrons. The van der Waals surface area contributed by atoms with Crippen molar-refractivity contribution in [2.45, 2.75) is 45.1 Å². The van der Waals surface area contributed by atoms with Crippen LogP contribution in [0.5, 0.6) is 5.75 Å². The van der Waals surface area contributed by atoms with E-state index in [9.17, 15) is 9.59 Å². The van der Waals surface area contributed by atoms with Crippen LogP contribution in [0.25, 0.3) is 0 Å². The van der Waals surface area contributed by atoms with Gasteiger partial charge < -0.3 is 9.64 Å². The molecule has 0 N–H and O–H groups in total. The van der Waals surface area contributed by atoms with Crippen molar-refractivity contribution in [1.29, 1.82) is 0 Å². The van der Waals surface area contributed by atoms with Crippen molar-refractivity contribution >= 4 is 23.2 Å². The zero-order valence-electron chi connectivity index (χ0n) is 18.9. The summed E-state index contributed by atoms with van der Waals surface area (Å²) < 4.78 is 5.79. The molecule has 4 rings (SSSR count). The van der Waals surface area contributed by atoms with E-state index in [0.717, 1.165) is 38.3 Å². The SMILES string of the molecule is CCCCCCOc1ccc(N2C(=O)C[C@H](N3CCN(c4ccccc4)CC3)C2=O)cc1. The number of imide groups is 1. The van der Waals surface area contributed by atoms with Gasteiger partial charge in [0.25, 0.3) is 5.91 Å². The Hall–Kier alpha value is -2.86. The van der Waals surface area contributed by atoms with Gasteiger partial charge in [0.2, 0.25) is 5.91 Å². The lowest BCUT2D eigenvalue weighted by atomic mass is 10.1. The maximum Gasteiger partial charge on any atom is 0.251 e. The zero-order valence-corrected chi connectivity index (χ0v) is 18.9. The Labute approximate surface area is 190 Å². The second kappa shape index (κ2) is 10.6. The van der Waals surface area contributed by atoms with E-state index in [1.807, 2.05) is 42.5 Å². The van der Waals surface area contributed by atoms with Crippen LogP contribution in [0.2, 0.25) is 0 Å². The number of carbonyl (C=O) groups excluding carboxylic acids is 2. The number of para-hydroxylation sites is 1. The molecule has 2 amide bonds. The molecule has 6 heteroatoms. The van der Waals surface area contributed by atoms with Crippen LogP contribution in [0.4, 0.5) is 11.4 Å². The summed E-state index contributed by atoms with van der Waals surface area (Å²) in [5.74, 6) is 0.535. The average molecular weight is 436 g/mol. The largest absolute Gasteiger partial charge is 0.494 e. The third-order valence-corrected chi connectivity index (χ3v) is 6.36. The number of amides is 2. The summed E-state index contributed by atoms with van der Waals surface area (Å²) in [4.78, 5) is 31.7. The van der Waals surface area contributed by atoms with Crippen molar-refractivity contribution in [2.75, 3.05) is 42.6 Å². The minimum absolute atomic E-state index is 0.114. The van der Waals surface area contributed by atoms with Gasteiger partial charge in [0.1, 0.15) is 5.75 Å². The van der Waals surface area contributed by atoms with E-state index in [-0.39, 0.29) is 24.3 Å². The summed E-state index contributed by atoms with van der Waals surface area (Å²) in [7, 11) is 0. The highest BCUT2D eigenvalue weighted by Gasteiger charge is 2.43. The van der Waals surface area contributed by atoms with Crippen LogP contribution in [0.1, 0.15) is 39.0 Å². The van der Waals surface area contributed by atoms with E-state index in [2.05, 4.69) is 28.9 Å². The molecule has 0 unspecified atom stereocenters. The molecule has 2 aromatic rings. The van der Waals surface area contributed by atoms with Crippen molar-refractivity contribution < 1.29 is 14.3 Å². The normalized spacial score (nSPS) is 19.6. The fourth-order valence-corrected chi connectivity index (χ4v) is 4.51. The molecule has 2 saturated heterocycles. The molecule has 2 fully saturated rings. The Morgan fingerprint density at radius 2 is 1.56 bits per heavy atom. The van der Waals surface area contributed by atoms with Gasteiger partial charge >= 0.3 is 0 Å². The van der Waals surface area contributed by atoms with Gasteiger partial charge in [-0.1, -0.05) is 44.4 Å². The second-order valence-electron chi connectivity index (χ2n) is 8.55. The number of benzene rings is 2. The number of anilines is 2. The lowest BCUT2D eigenvalue weighted by Crippen LogP contribution is -2.52. The molecule has 0 bridgehead atoms. The van der Waals surface area contributed by atoms with Gasteiger partial charge in [-0.3, -0.25) is 14.5 Å². The first-order valence-corrected chi connectivity index (χ1v) is 11.8.